The van der Waals surface area contributed by atoms with Crippen LogP contribution in [0.3, 0.4) is 0 Å². The fourth-order valence-corrected chi connectivity index (χ4v) is 2.35. The maximum Gasteiger partial charge on any atom is 0.225 e. The van der Waals surface area contributed by atoms with Gasteiger partial charge in [0, 0.05) is 10.5 Å². The average Bonchev–Trinajstić information content (AvgIpc) is 2.31. The van der Waals surface area contributed by atoms with E-state index in [9.17, 15) is 4.79 Å². The van der Waals surface area contributed by atoms with Gasteiger partial charge in [-0.1, -0.05) is 41.9 Å². The molecule has 3 heteroatoms. The number of rotatable bonds is 2. The predicted octanol–water partition coefficient (Wildman–Crippen LogP) is 4.27. The molecule has 0 radical (unpaired) electrons. The van der Waals surface area contributed by atoms with Crippen molar-refractivity contribution < 1.29 is 4.79 Å². The molecule has 0 fully saturated rings. The van der Waals surface area contributed by atoms with Crippen LogP contribution in [0.15, 0.2) is 59.5 Å². The van der Waals surface area contributed by atoms with Crippen LogP contribution >= 0.6 is 23.4 Å². The van der Waals surface area contributed by atoms with Crippen molar-refractivity contribution >= 4 is 28.5 Å². The second-order valence-electron chi connectivity index (χ2n) is 3.18. The Kier molecular flexibility index (Phi) is 3.65. The number of hydrogen-bond donors (Lipinski definition) is 0. The van der Waals surface area contributed by atoms with E-state index in [1.165, 1.54) is 11.8 Å². The zero-order chi connectivity index (χ0) is 11.4. The van der Waals surface area contributed by atoms with Gasteiger partial charge < -0.3 is 0 Å². The van der Waals surface area contributed by atoms with E-state index in [0.29, 0.717) is 10.6 Å². The number of carbonyl (C=O) groups excluding carboxylic acids is 1. The quantitative estimate of drug-likeness (QED) is 0.739. The van der Waals surface area contributed by atoms with Crippen LogP contribution in [0.5, 0.6) is 0 Å². The van der Waals surface area contributed by atoms with Crippen molar-refractivity contribution in [2.75, 3.05) is 0 Å². The summed E-state index contributed by atoms with van der Waals surface area (Å²) in [4.78, 5) is 12.8. The summed E-state index contributed by atoms with van der Waals surface area (Å²) in [7, 11) is 0. The van der Waals surface area contributed by atoms with E-state index >= 15 is 0 Å². The molecule has 16 heavy (non-hydrogen) atoms. The van der Waals surface area contributed by atoms with Crippen LogP contribution in [-0.4, -0.2) is 5.12 Å². The Morgan fingerprint density at radius 2 is 1.56 bits per heavy atom. The Bertz CT molecular complexity index is 496. The lowest BCUT2D eigenvalue weighted by molar-refractivity contribution is 0.108. The molecular weight excluding hydrogens is 240 g/mol. The van der Waals surface area contributed by atoms with Crippen molar-refractivity contribution in [3.8, 4) is 0 Å². The summed E-state index contributed by atoms with van der Waals surface area (Å²) in [6, 6.07) is 16.6. The third kappa shape index (κ3) is 2.65. The fraction of sp³-hybridized carbons (Fsp3) is 0. The third-order valence-corrected chi connectivity index (χ3v) is 3.29. The Hall–Kier alpha value is -1.25. The van der Waals surface area contributed by atoms with E-state index < -0.39 is 0 Å². The van der Waals surface area contributed by atoms with Crippen molar-refractivity contribution in [1.82, 2.24) is 0 Å². The van der Waals surface area contributed by atoms with Gasteiger partial charge in [0.2, 0.25) is 5.12 Å². The summed E-state index contributed by atoms with van der Waals surface area (Å²) < 4.78 is 0. The minimum atomic E-state index is -0.0307. The maximum atomic E-state index is 11.9. The van der Waals surface area contributed by atoms with Crippen molar-refractivity contribution in [2.45, 2.75) is 4.90 Å². The first kappa shape index (κ1) is 11.2. The van der Waals surface area contributed by atoms with Crippen molar-refractivity contribution in [3.63, 3.8) is 0 Å². The number of hydrogen-bond acceptors (Lipinski definition) is 2. The Labute approximate surface area is 103 Å². The summed E-state index contributed by atoms with van der Waals surface area (Å²) in [5, 5.41) is 0.465. The van der Waals surface area contributed by atoms with Gasteiger partial charge in [0.1, 0.15) is 0 Å². The molecule has 0 atom stereocenters. The fourth-order valence-electron chi connectivity index (χ4n) is 1.28. The predicted molar refractivity (Wildman–Crippen MR) is 68.1 cm³/mol. The monoisotopic (exact) mass is 248 g/mol. The summed E-state index contributed by atoms with van der Waals surface area (Å²) in [6.07, 6.45) is 0. The number of thioether (sulfide) groups is 1. The SMILES string of the molecule is O=C(Sc1ccccc1)c1ccccc1Cl. The minimum absolute atomic E-state index is 0.0307. The van der Waals surface area contributed by atoms with E-state index in [1.54, 1.807) is 12.1 Å². The van der Waals surface area contributed by atoms with Crippen LogP contribution in [0.4, 0.5) is 0 Å². The first-order valence-corrected chi connectivity index (χ1v) is 5.98. The van der Waals surface area contributed by atoms with Crippen molar-refractivity contribution in [2.24, 2.45) is 0 Å². The molecule has 80 valence electrons. The highest BCUT2D eigenvalue weighted by Crippen LogP contribution is 2.26. The molecular formula is C13H9ClOS. The molecule has 0 saturated carbocycles. The third-order valence-electron chi connectivity index (χ3n) is 2.05. The largest absolute Gasteiger partial charge is 0.281 e. The van der Waals surface area contributed by atoms with E-state index in [4.69, 9.17) is 11.6 Å². The van der Waals surface area contributed by atoms with Gasteiger partial charge in [-0.2, -0.15) is 0 Å². The van der Waals surface area contributed by atoms with Gasteiger partial charge in [-0.05, 0) is 36.0 Å². The molecule has 0 aliphatic rings. The highest BCUT2D eigenvalue weighted by Gasteiger charge is 2.10. The normalized spacial score (nSPS) is 10.1. The van der Waals surface area contributed by atoms with Crippen LogP contribution < -0.4 is 0 Å². The standard InChI is InChI=1S/C13H9ClOS/c14-12-9-5-4-8-11(12)13(15)16-10-6-2-1-3-7-10/h1-9H. The molecule has 0 unspecified atom stereocenters. The lowest BCUT2D eigenvalue weighted by atomic mass is 10.2. The van der Waals surface area contributed by atoms with Gasteiger partial charge in [0.25, 0.3) is 0 Å². The number of benzene rings is 2. The molecule has 0 aliphatic carbocycles. The van der Waals surface area contributed by atoms with Gasteiger partial charge >= 0.3 is 0 Å². The second kappa shape index (κ2) is 5.19. The molecule has 0 N–H and O–H groups in total. The van der Waals surface area contributed by atoms with Gasteiger partial charge in [0.15, 0.2) is 0 Å². The van der Waals surface area contributed by atoms with Crippen LogP contribution in [0.2, 0.25) is 5.02 Å². The lowest BCUT2D eigenvalue weighted by Gasteiger charge is -2.02. The molecule has 1 nitrogen and oxygen atoms in total. The van der Waals surface area contributed by atoms with E-state index in [0.717, 1.165) is 4.90 Å². The summed E-state index contributed by atoms with van der Waals surface area (Å²) in [5.41, 5.74) is 0.554. The van der Waals surface area contributed by atoms with Crippen molar-refractivity contribution in [3.05, 3.63) is 65.2 Å². The Morgan fingerprint density at radius 3 is 2.25 bits per heavy atom. The first-order valence-electron chi connectivity index (χ1n) is 4.79. The highest BCUT2D eigenvalue weighted by atomic mass is 35.5. The van der Waals surface area contributed by atoms with Crippen LogP contribution in [0, 0.1) is 0 Å². The van der Waals surface area contributed by atoms with Crippen LogP contribution in [0.1, 0.15) is 10.4 Å². The van der Waals surface area contributed by atoms with Crippen molar-refractivity contribution in [1.29, 1.82) is 0 Å². The minimum Gasteiger partial charge on any atom is -0.281 e. The van der Waals surface area contributed by atoms with E-state index in [-0.39, 0.29) is 5.12 Å². The molecule has 0 saturated heterocycles. The summed E-state index contributed by atoms with van der Waals surface area (Å²) in [5.74, 6) is 0. The smallest absolute Gasteiger partial charge is 0.225 e. The van der Waals surface area contributed by atoms with E-state index in [1.807, 2.05) is 42.5 Å². The number of carbonyl (C=O) groups is 1. The maximum absolute atomic E-state index is 11.9. The Balaban J connectivity index is 2.19. The lowest BCUT2D eigenvalue weighted by Crippen LogP contribution is -1.93. The van der Waals surface area contributed by atoms with Gasteiger partial charge in [-0.3, -0.25) is 4.79 Å². The first-order chi connectivity index (χ1) is 7.77. The van der Waals surface area contributed by atoms with E-state index in [2.05, 4.69) is 0 Å². The summed E-state index contributed by atoms with van der Waals surface area (Å²) >= 11 is 7.14. The summed E-state index contributed by atoms with van der Waals surface area (Å²) in [6.45, 7) is 0. The molecule has 0 bridgehead atoms. The molecule has 0 aromatic heterocycles. The molecule has 2 rings (SSSR count). The van der Waals surface area contributed by atoms with Gasteiger partial charge in [-0.15, -0.1) is 0 Å². The van der Waals surface area contributed by atoms with Gasteiger partial charge in [0.05, 0.1) is 5.02 Å². The van der Waals surface area contributed by atoms with Gasteiger partial charge in [-0.25, -0.2) is 0 Å². The molecule has 2 aromatic rings. The van der Waals surface area contributed by atoms with Crippen LogP contribution in [0.25, 0.3) is 0 Å². The second-order valence-corrected chi connectivity index (χ2v) is 4.64. The molecule has 0 amide bonds. The zero-order valence-electron chi connectivity index (χ0n) is 8.39. The molecule has 0 aliphatic heterocycles. The van der Waals surface area contributed by atoms with Crippen LogP contribution in [-0.2, 0) is 0 Å². The molecule has 2 aromatic carbocycles. The topological polar surface area (TPSA) is 17.1 Å². The Morgan fingerprint density at radius 1 is 0.938 bits per heavy atom. The molecule has 0 heterocycles. The zero-order valence-corrected chi connectivity index (χ0v) is 9.96. The number of halogens is 1. The highest BCUT2D eigenvalue weighted by molar-refractivity contribution is 8.14. The average molecular weight is 249 g/mol. The molecule has 0 spiro atoms.